The van der Waals surface area contributed by atoms with E-state index in [1.54, 1.807) is 0 Å². The number of amides is 2. The zero-order valence-corrected chi connectivity index (χ0v) is 25.0. The van der Waals surface area contributed by atoms with Crippen molar-refractivity contribution in [2.45, 2.75) is 25.5 Å². The molecular weight excluding hydrogens is 600 g/mol. The number of hydrogen-bond donors (Lipinski definition) is 6. The molecule has 1 atom stereocenters. The fourth-order valence-electron chi connectivity index (χ4n) is 3.34. The summed E-state index contributed by atoms with van der Waals surface area (Å²) < 4.78 is 26.9. The standard InChI is InChI=1S/C27H42N6O12/c28-33-32-7-9-42-12-14-44-16-15-43-13-11-41-8-3-23(34)29-6-10-45-22-18-20(26(39)30-4-1-24(35)36)17-21(19-22)27(40)31-5-2-25(37)38/h17-19,26,30,39H,1-16H2,(H,29,34)(H,31,40)(H,35,36)(H,37,38). The van der Waals surface area contributed by atoms with Crippen molar-refractivity contribution in [1.29, 1.82) is 0 Å². The first kappa shape index (κ1) is 39.0. The topological polar surface area (TPSA) is 260 Å². The molecule has 2 amide bonds. The number of carbonyl (C=O) groups excluding carboxylic acids is 2. The van der Waals surface area contributed by atoms with E-state index in [-0.39, 0.29) is 81.4 Å². The Hall–Kier alpha value is -4.03. The molecule has 0 radical (unpaired) electrons. The number of aliphatic hydroxyl groups is 1. The van der Waals surface area contributed by atoms with Gasteiger partial charge in [0.1, 0.15) is 18.6 Å². The maximum atomic E-state index is 12.5. The number of aliphatic carboxylic acids is 2. The molecule has 0 aromatic heterocycles. The van der Waals surface area contributed by atoms with E-state index < -0.39 is 24.1 Å². The number of carboxylic acids is 2. The zero-order chi connectivity index (χ0) is 33.1. The van der Waals surface area contributed by atoms with Crippen LogP contribution >= 0.6 is 0 Å². The van der Waals surface area contributed by atoms with Gasteiger partial charge in [-0.1, -0.05) is 5.11 Å². The number of benzene rings is 1. The molecule has 18 heteroatoms. The highest BCUT2D eigenvalue weighted by Crippen LogP contribution is 2.21. The second kappa shape index (κ2) is 25.3. The van der Waals surface area contributed by atoms with Crippen molar-refractivity contribution in [3.8, 4) is 5.75 Å². The van der Waals surface area contributed by atoms with Gasteiger partial charge in [-0.25, -0.2) is 0 Å². The van der Waals surface area contributed by atoms with Gasteiger partial charge >= 0.3 is 11.9 Å². The summed E-state index contributed by atoms with van der Waals surface area (Å²) in [6.45, 7) is 3.05. The van der Waals surface area contributed by atoms with Crippen LogP contribution in [0.4, 0.5) is 0 Å². The van der Waals surface area contributed by atoms with Gasteiger partial charge in [0, 0.05) is 36.5 Å². The molecule has 0 fully saturated rings. The van der Waals surface area contributed by atoms with Crippen LogP contribution in [-0.4, -0.2) is 125 Å². The first-order chi connectivity index (χ1) is 21.7. The number of carboxylic acid groups (broad SMARTS) is 2. The molecule has 1 aromatic rings. The summed E-state index contributed by atoms with van der Waals surface area (Å²) in [5.41, 5.74) is 8.46. The second-order valence-electron chi connectivity index (χ2n) is 9.04. The van der Waals surface area contributed by atoms with Crippen molar-refractivity contribution >= 4 is 23.8 Å². The summed E-state index contributed by atoms with van der Waals surface area (Å²) in [5.74, 6) is -2.78. The molecule has 6 N–H and O–H groups in total. The van der Waals surface area contributed by atoms with Crippen LogP contribution in [0.3, 0.4) is 0 Å². The summed E-state index contributed by atoms with van der Waals surface area (Å²) in [6, 6.07) is 4.23. The van der Waals surface area contributed by atoms with Crippen LogP contribution in [0.1, 0.15) is 41.4 Å². The highest BCUT2D eigenvalue weighted by molar-refractivity contribution is 5.95. The molecule has 252 valence electrons. The maximum Gasteiger partial charge on any atom is 0.305 e. The van der Waals surface area contributed by atoms with Gasteiger partial charge in [-0.15, -0.1) is 0 Å². The largest absolute Gasteiger partial charge is 0.492 e. The van der Waals surface area contributed by atoms with Gasteiger partial charge in [-0.3, -0.25) is 24.5 Å². The Kier molecular flexibility index (Phi) is 21.9. The summed E-state index contributed by atoms with van der Waals surface area (Å²) in [7, 11) is 0. The van der Waals surface area contributed by atoms with E-state index in [1.165, 1.54) is 18.2 Å². The summed E-state index contributed by atoms with van der Waals surface area (Å²) >= 11 is 0. The Balaban J connectivity index is 2.31. The van der Waals surface area contributed by atoms with Gasteiger partial charge in [-0.2, -0.15) is 0 Å². The van der Waals surface area contributed by atoms with Gasteiger partial charge in [0.15, 0.2) is 0 Å². The molecule has 0 spiro atoms. The first-order valence-corrected chi connectivity index (χ1v) is 14.2. The third-order valence-electron chi connectivity index (χ3n) is 5.49. The van der Waals surface area contributed by atoms with Gasteiger partial charge in [0.05, 0.1) is 72.2 Å². The third kappa shape index (κ3) is 21.3. The second-order valence-corrected chi connectivity index (χ2v) is 9.04. The SMILES string of the molecule is [N-]=[N+]=NCCOCCOCCOCCOCCC(=O)NCCOc1cc(C(=O)NCCC(=O)O)cc(C(O)NCCC(=O)O)c1. The lowest BCUT2D eigenvalue weighted by Crippen LogP contribution is -2.29. The van der Waals surface area contributed by atoms with Crippen molar-refractivity contribution in [2.75, 3.05) is 85.6 Å². The zero-order valence-electron chi connectivity index (χ0n) is 25.0. The number of ether oxygens (including phenoxy) is 5. The molecule has 0 saturated carbocycles. The molecule has 1 aromatic carbocycles. The van der Waals surface area contributed by atoms with Crippen LogP contribution in [0.5, 0.6) is 5.75 Å². The minimum atomic E-state index is -1.30. The molecule has 45 heavy (non-hydrogen) atoms. The van der Waals surface area contributed by atoms with E-state index in [4.69, 9.17) is 39.4 Å². The van der Waals surface area contributed by atoms with E-state index in [0.29, 0.717) is 46.2 Å². The van der Waals surface area contributed by atoms with Crippen LogP contribution < -0.4 is 20.7 Å². The first-order valence-electron chi connectivity index (χ1n) is 14.2. The van der Waals surface area contributed by atoms with E-state index in [9.17, 15) is 24.3 Å². The van der Waals surface area contributed by atoms with Crippen molar-refractivity contribution in [3.05, 3.63) is 39.8 Å². The molecule has 0 aliphatic heterocycles. The van der Waals surface area contributed by atoms with Crippen molar-refractivity contribution in [2.24, 2.45) is 5.11 Å². The Bertz CT molecular complexity index is 1090. The number of carbonyl (C=O) groups is 4. The summed E-state index contributed by atoms with van der Waals surface area (Å²) in [6.07, 6.45) is -1.69. The molecule has 1 rings (SSSR count). The van der Waals surface area contributed by atoms with E-state index in [2.05, 4.69) is 26.0 Å². The van der Waals surface area contributed by atoms with Gasteiger partial charge in [-0.05, 0) is 29.3 Å². The smallest absolute Gasteiger partial charge is 0.305 e. The monoisotopic (exact) mass is 642 g/mol. The normalized spacial score (nSPS) is 11.3. The van der Waals surface area contributed by atoms with Crippen LogP contribution in [0, 0.1) is 0 Å². The molecule has 1 unspecified atom stereocenters. The van der Waals surface area contributed by atoms with Gasteiger partial charge in [0.25, 0.3) is 5.91 Å². The lowest BCUT2D eigenvalue weighted by Gasteiger charge is -2.16. The highest BCUT2D eigenvalue weighted by Gasteiger charge is 2.15. The lowest BCUT2D eigenvalue weighted by atomic mass is 10.1. The van der Waals surface area contributed by atoms with Crippen LogP contribution in [0.15, 0.2) is 23.3 Å². The van der Waals surface area contributed by atoms with Gasteiger partial charge in [0.2, 0.25) is 5.91 Å². The Morgan fingerprint density at radius 1 is 0.756 bits per heavy atom. The average Bonchev–Trinajstić information content (AvgIpc) is 3.00. The minimum Gasteiger partial charge on any atom is -0.492 e. The average molecular weight is 643 g/mol. The minimum absolute atomic E-state index is 0.0282. The van der Waals surface area contributed by atoms with Crippen molar-refractivity contribution in [3.63, 3.8) is 0 Å². The van der Waals surface area contributed by atoms with E-state index in [0.717, 1.165) is 0 Å². The summed E-state index contributed by atoms with van der Waals surface area (Å²) in [5, 5.41) is 39.1. The van der Waals surface area contributed by atoms with Crippen molar-refractivity contribution < 1.29 is 58.2 Å². The third-order valence-corrected chi connectivity index (χ3v) is 5.49. The van der Waals surface area contributed by atoms with Crippen molar-refractivity contribution in [1.82, 2.24) is 16.0 Å². The predicted octanol–water partition coefficient (Wildman–Crippen LogP) is 0.208. The van der Waals surface area contributed by atoms with E-state index in [1.807, 2.05) is 0 Å². The molecule has 0 bridgehead atoms. The lowest BCUT2D eigenvalue weighted by molar-refractivity contribution is -0.138. The quantitative estimate of drug-likeness (QED) is 0.0235. The highest BCUT2D eigenvalue weighted by atomic mass is 16.6. The van der Waals surface area contributed by atoms with Crippen LogP contribution in [0.2, 0.25) is 0 Å². The van der Waals surface area contributed by atoms with Crippen LogP contribution in [0.25, 0.3) is 10.4 Å². The number of hydrogen-bond acceptors (Lipinski definition) is 12. The number of azide groups is 1. The molecule has 18 nitrogen and oxygen atoms in total. The number of rotatable bonds is 28. The number of aliphatic hydroxyl groups excluding tert-OH is 1. The number of nitrogens with one attached hydrogen (secondary N) is 3. The number of nitrogens with zero attached hydrogens (tertiary/aromatic N) is 3. The maximum absolute atomic E-state index is 12.5. The summed E-state index contributed by atoms with van der Waals surface area (Å²) in [4.78, 5) is 48.7. The molecule has 0 aliphatic carbocycles. The Labute approximate surface area is 259 Å². The molecular formula is C27H42N6O12. The molecule has 0 heterocycles. The fraction of sp³-hybridized carbons (Fsp3) is 0.630. The van der Waals surface area contributed by atoms with E-state index >= 15 is 0 Å². The molecule has 0 saturated heterocycles. The Morgan fingerprint density at radius 3 is 1.98 bits per heavy atom. The fourth-order valence-corrected chi connectivity index (χ4v) is 3.34. The van der Waals surface area contributed by atoms with Gasteiger partial charge < -0.3 is 49.6 Å². The molecule has 0 aliphatic rings. The van der Waals surface area contributed by atoms with Crippen LogP contribution in [-0.2, 0) is 33.3 Å². The predicted molar refractivity (Wildman–Crippen MR) is 157 cm³/mol. The Morgan fingerprint density at radius 2 is 1.36 bits per heavy atom.